The van der Waals surface area contributed by atoms with E-state index in [1.54, 1.807) is 7.11 Å². The molecule has 1 saturated heterocycles. The van der Waals surface area contributed by atoms with Gasteiger partial charge in [0, 0.05) is 32.6 Å². The van der Waals surface area contributed by atoms with Gasteiger partial charge in [0.25, 0.3) is 0 Å². The standard InChI is InChI=1S/C15H22N2O2/c1-12-9-13(3-4-15(12)19-2)10-14(18)11-17-7-5-16-6-8-17/h3-4,9,16H,5-8,10-11H2,1-2H3. The first-order chi connectivity index (χ1) is 9.19. The molecule has 0 amide bonds. The Labute approximate surface area is 114 Å². The molecule has 1 fully saturated rings. The van der Waals surface area contributed by atoms with Crippen molar-refractivity contribution in [3.63, 3.8) is 0 Å². The molecule has 0 unspecified atom stereocenters. The van der Waals surface area contributed by atoms with Crippen molar-refractivity contribution in [1.82, 2.24) is 10.2 Å². The summed E-state index contributed by atoms with van der Waals surface area (Å²) in [5.41, 5.74) is 2.15. The summed E-state index contributed by atoms with van der Waals surface area (Å²) in [6.45, 7) is 6.46. The number of nitrogens with zero attached hydrogens (tertiary/aromatic N) is 1. The summed E-state index contributed by atoms with van der Waals surface area (Å²) < 4.78 is 5.23. The second-order valence-electron chi connectivity index (χ2n) is 5.05. The van der Waals surface area contributed by atoms with Crippen LogP contribution in [-0.2, 0) is 11.2 Å². The molecule has 0 spiro atoms. The van der Waals surface area contributed by atoms with E-state index < -0.39 is 0 Å². The van der Waals surface area contributed by atoms with E-state index in [2.05, 4.69) is 10.2 Å². The van der Waals surface area contributed by atoms with Crippen LogP contribution >= 0.6 is 0 Å². The van der Waals surface area contributed by atoms with Gasteiger partial charge < -0.3 is 10.1 Å². The van der Waals surface area contributed by atoms with Crippen molar-refractivity contribution in [3.8, 4) is 5.75 Å². The predicted octanol–water partition coefficient (Wildman–Crippen LogP) is 1.02. The van der Waals surface area contributed by atoms with Crippen molar-refractivity contribution in [2.24, 2.45) is 0 Å². The van der Waals surface area contributed by atoms with Crippen LogP contribution < -0.4 is 10.1 Å². The first-order valence-electron chi connectivity index (χ1n) is 6.77. The van der Waals surface area contributed by atoms with Crippen molar-refractivity contribution in [1.29, 1.82) is 0 Å². The number of Topliss-reactive ketones (excluding diaryl/α,β-unsaturated/α-hetero) is 1. The highest BCUT2D eigenvalue weighted by Gasteiger charge is 2.14. The van der Waals surface area contributed by atoms with Crippen LogP contribution in [0, 0.1) is 6.92 Å². The molecule has 4 heteroatoms. The quantitative estimate of drug-likeness (QED) is 0.860. The second-order valence-corrected chi connectivity index (χ2v) is 5.05. The molecule has 0 bridgehead atoms. The molecule has 0 saturated carbocycles. The molecular weight excluding hydrogens is 240 g/mol. The van der Waals surface area contributed by atoms with E-state index in [9.17, 15) is 4.79 Å². The summed E-state index contributed by atoms with van der Waals surface area (Å²) in [6, 6.07) is 5.94. The van der Waals surface area contributed by atoms with E-state index in [0.29, 0.717) is 13.0 Å². The molecule has 1 aromatic rings. The number of aryl methyl sites for hydroxylation is 1. The maximum atomic E-state index is 12.1. The van der Waals surface area contributed by atoms with E-state index >= 15 is 0 Å². The van der Waals surface area contributed by atoms with Crippen LogP contribution in [0.2, 0.25) is 0 Å². The Morgan fingerprint density at radius 2 is 2.11 bits per heavy atom. The minimum atomic E-state index is 0.284. The molecule has 1 aliphatic heterocycles. The maximum absolute atomic E-state index is 12.1. The smallest absolute Gasteiger partial charge is 0.151 e. The van der Waals surface area contributed by atoms with Crippen LogP contribution in [-0.4, -0.2) is 50.5 Å². The molecule has 0 atom stereocenters. The fourth-order valence-electron chi connectivity index (χ4n) is 2.45. The third-order valence-electron chi connectivity index (χ3n) is 3.47. The van der Waals surface area contributed by atoms with Gasteiger partial charge in [-0.1, -0.05) is 12.1 Å². The topological polar surface area (TPSA) is 41.6 Å². The lowest BCUT2D eigenvalue weighted by Crippen LogP contribution is -2.45. The Morgan fingerprint density at radius 3 is 2.74 bits per heavy atom. The highest BCUT2D eigenvalue weighted by Crippen LogP contribution is 2.18. The molecule has 4 nitrogen and oxygen atoms in total. The van der Waals surface area contributed by atoms with E-state index in [1.165, 1.54) is 0 Å². The number of piperazine rings is 1. The number of carbonyl (C=O) groups is 1. The van der Waals surface area contributed by atoms with E-state index in [4.69, 9.17) is 4.74 Å². The fourth-order valence-corrected chi connectivity index (χ4v) is 2.45. The third kappa shape index (κ3) is 4.04. The number of benzene rings is 1. The van der Waals surface area contributed by atoms with Crippen LogP contribution in [0.3, 0.4) is 0 Å². The number of carbonyl (C=O) groups excluding carboxylic acids is 1. The van der Waals surface area contributed by atoms with Crippen molar-refractivity contribution in [2.45, 2.75) is 13.3 Å². The molecule has 104 valence electrons. The second kappa shape index (κ2) is 6.68. The zero-order chi connectivity index (χ0) is 13.7. The Bertz CT molecular complexity index is 440. The average Bonchev–Trinajstić information content (AvgIpc) is 2.40. The zero-order valence-corrected chi connectivity index (χ0v) is 11.7. The first kappa shape index (κ1) is 14.0. The summed E-state index contributed by atoms with van der Waals surface area (Å²) in [5, 5.41) is 3.29. The average molecular weight is 262 g/mol. The van der Waals surface area contributed by atoms with Crippen molar-refractivity contribution >= 4 is 5.78 Å². The lowest BCUT2D eigenvalue weighted by atomic mass is 10.1. The van der Waals surface area contributed by atoms with Gasteiger partial charge >= 0.3 is 0 Å². The van der Waals surface area contributed by atoms with Crippen molar-refractivity contribution < 1.29 is 9.53 Å². The van der Waals surface area contributed by atoms with Gasteiger partial charge in [-0.15, -0.1) is 0 Å². The minimum absolute atomic E-state index is 0.284. The van der Waals surface area contributed by atoms with Crippen molar-refractivity contribution in [2.75, 3.05) is 39.8 Å². The molecule has 0 aromatic heterocycles. The highest BCUT2D eigenvalue weighted by atomic mass is 16.5. The van der Waals surface area contributed by atoms with Crippen LogP contribution in [0.1, 0.15) is 11.1 Å². The fraction of sp³-hybridized carbons (Fsp3) is 0.533. The van der Waals surface area contributed by atoms with E-state index in [-0.39, 0.29) is 5.78 Å². The van der Waals surface area contributed by atoms with Crippen molar-refractivity contribution in [3.05, 3.63) is 29.3 Å². The Hall–Kier alpha value is -1.39. The Kier molecular flexibility index (Phi) is 4.93. The van der Waals surface area contributed by atoms with Crippen LogP contribution in [0.5, 0.6) is 5.75 Å². The van der Waals surface area contributed by atoms with E-state index in [1.807, 2.05) is 25.1 Å². The molecule has 0 aliphatic carbocycles. The monoisotopic (exact) mass is 262 g/mol. The predicted molar refractivity (Wildman–Crippen MR) is 75.8 cm³/mol. The number of ether oxygens (including phenoxy) is 1. The van der Waals surface area contributed by atoms with Crippen LogP contribution in [0.25, 0.3) is 0 Å². The zero-order valence-electron chi connectivity index (χ0n) is 11.7. The SMILES string of the molecule is COc1ccc(CC(=O)CN2CCNCC2)cc1C. The summed E-state index contributed by atoms with van der Waals surface area (Å²) >= 11 is 0. The number of nitrogens with one attached hydrogen (secondary N) is 1. The normalized spacial score (nSPS) is 16.3. The van der Waals surface area contributed by atoms with Gasteiger partial charge in [0.2, 0.25) is 0 Å². The minimum Gasteiger partial charge on any atom is -0.496 e. The summed E-state index contributed by atoms with van der Waals surface area (Å²) in [4.78, 5) is 14.3. The van der Waals surface area contributed by atoms with Gasteiger partial charge in [0.15, 0.2) is 5.78 Å². The third-order valence-corrected chi connectivity index (χ3v) is 3.47. The number of methoxy groups -OCH3 is 1. The molecule has 19 heavy (non-hydrogen) atoms. The maximum Gasteiger partial charge on any atom is 0.151 e. The lowest BCUT2D eigenvalue weighted by molar-refractivity contribution is -0.119. The van der Waals surface area contributed by atoms with E-state index in [0.717, 1.165) is 43.1 Å². The Balaban J connectivity index is 1.89. The van der Waals surface area contributed by atoms with Gasteiger partial charge in [-0.2, -0.15) is 0 Å². The van der Waals surface area contributed by atoms with Crippen LogP contribution in [0.15, 0.2) is 18.2 Å². The Morgan fingerprint density at radius 1 is 1.37 bits per heavy atom. The lowest BCUT2D eigenvalue weighted by Gasteiger charge is -2.26. The van der Waals surface area contributed by atoms with Gasteiger partial charge in [0.05, 0.1) is 13.7 Å². The first-order valence-corrected chi connectivity index (χ1v) is 6.77. The largest absolute Gasteiger partial charge is 0.496 e. The number of rotatable bonds is 5. The molecule has 1 N–H and O–H groups in total. The van der Waals surface area contributed by atoms with Gasteiger partial charge in [0.1, 0.15) is 5.75 Å². The summed E-state index contributed by atoms with van der Waals surface area (Å²) in [6.07, 6.45) is 0.509. The van der Waals surface area contributed by atoms with Gasteiger partial charge in [-0.3, -0.25) is 9.69 Å². The number of hydrogen-bond acceptors (Lipinski definition) is 4. The highest BCUT2D eigenvalue weighted by molar-refractivity contribution is 5.82. The molecule has 2 rings (SSSR count). The molecule has 1 aromatic carbocycles. The van der Waals surface area contributed by atoms with Crippen LogP contribution in [0.4, 0.5) is 0 Å². The molecule has 1 aliphatic rings. The summed E-state index contributed by atoms with van der Waals surface area (Å²) in [7, 11) is 1.66. The van der Waals surface area contributed by atoms with Gasteiger partial charge in [-0.25, -0.2) is 0 Å². The number of hydrogen-bond donors (Lipinski definition) is 1. The number of ketones is 1. The molecular formula is C15H22N2O2. The molecule has 0 radical (unpaired) electrons. The summed E-state index contributed by atoms with van der Waals surface area (Å²) in [5.74, 6) is 1.16. The van der Waals surface area contributed by atoms with Gasteiger partial charge in [-0.05, 0) is 24.1 Å². The molecule has 1 heterocycles.